The Hall–Kier alpha value is -0.450. The lowest BCUT2D eigenvalue weighted by Crippen LogP contribution is -2.65. The Kier molecular flexibility index (Phi) is 1.99. The van der Waals surface area contributed by atoms with E-state index in [4.69, 9.17) is 9.47 Å². The van der Waals surface area contributed by atoms with Crippen molar-refractivity contribution in [1.29, 1.82) is 0 Å². The summed E-state index contributed by atoms with van der Waals surface area (Å²) in [6, 6.07) is 0. The zero-order valence-electron chi connectivity index (χ0n) is 12.0. The Morgan fingerprint density at radius 3 is 2.68 bits per heavy atom. The Morgan fingerprint density at radius 2 is 2.05 bits per heavy atom. The van der Waals surface area contributed by atoms with E-state index in [2.05, 4.69) is 13.8 Å². The minimum atomic E-state index is -0.857. The molecule has 2 saturated heterocycles. The molecule has 19 heavy (non-hydrogen) atoms. The molecule has 4 heteroatoms. The molecule has 7 unspecified atom stereocenters. The van der Waals surface area contributed by atoms with Gasteiger partial charge in [0.15, 0.2) is 11.4 Å². The number of hydrogen-bond donors (Lipinski definition) is 1. The van der Waals surface area contributed by atoms with Gasteiger partial charge in [-0.25, -0.2) is 0 Å². The summed E-state index contributed by atoms with van der Waals surface area (Å²) < 4.78 is 11.6. The number of ether oxygens (including phenoxy) is 2. The molecule has 2 heterocycles. The van der Waals surface area contributed by atoms with Gasteiger partial charge in [-0.2, -0.15) is 0 Å². The molecule has 0 radical (unpaired) electrons. The number of carbonyl (C=O) groups excluding carboxylic acids is 1. The third kappa shape index (κ3) is 1.16. The molecule has 106 valence electrons. The number of rotatable bonds is 1. The van der Waals surface area contributed by atoms with Crippen LogP contribution in [0.1, 0.15) is 40.5 Å². The molecule has 1 spiro atoms. The molecule has 0 aromatic heterocycles. The van der Waals surface area contributed by atoms with E-state index in [1.807, 2.05) is 13.8 Å². The Bertz CT molecular complexity index is 467. The van der Waals surface area contributed by atoms with Crippen molar-refractivity contribution in [3.05, 3.63) is 0 Å². The fourth-order valence-corrected chi connectivity index (χ4v) is 5.29. The minimum absolute atomic E-state index is 0.0389. The van der Waals surface area contributed by atoms with E-state index < -0.39 is 11.2 Å². The standard InChI is InChI=1S/C15H22O4/c1-7-5-6-8-15(19-8)12(16)10-9(18-10)11(13(2,3)17)14(7,15)4/h7-11,17H,5-6H2,1-4H3. The summed E-state index contributed by atoms with van der Waals surface area (Å²) in [5.74, 6) is 0.455. The van der Waals surface area contributed by atoms with Crippen LogP contribution in [0, 0.1) is 17.3 Å². The summed E-state index contributed by atoms with van der Waals surface area (Å²) in [7, 11) is 0. The quantitative estimate of drug-likeness (QED) is 0.727. The molecule has 0 aromatic rings. The normalized spacial score (nSPS) is 59.0. The van der Waals surface area contributed by atoms with E-state index in [-0.39, 0.29) is 35.4 Å². The second-order valence-electron chi connectivity index (χ2n) is 7.62. The van der Waals surface area contributed by atoms with Crippen LogP contribution in [0.25, 0.3) is 0 Å². The molecule has 2 aliphatic carbocycles. The molecule has 4 rings (SSSR count). The maximum absolute atomic E-state index is 12.7. The molecule has 4 fully saturated rings. The van der Waals surface area contributed by atoms with Crippen molar-refractivity contribution in [3.8, 4) is 0 Å². The molecule has 2 saturated carbocycles. The van der Waals surface area contributed by atoms with Crippen molar-refractivity contribution in [2.45, 2.75) is 70.1 Å². The van der Waals surface area contributed by atoms with Gasteiger partial charge in [-0.1, -0.05) is 13.8 Å². The summed E-state index contributed by atoms with van der Waals surface area (Å²) in [4.78, 5) is 12.7. The highest BCUT2D eigenvalue weighted by Crippen LogP contribution is 2.71. The third-order valence-electron chi connectivity index (χ3n) is 6.30. The minimum Gasteiger partial charge on any atom is -0.390 e. The number of fused-ring (bicyclic) bond motifs is 1. The lowest BCUT2D eigenvalue weighted by Gasteiger charge is -2.53. The van der Waals surface area contributed by atoms with Crippen LogP contribution in [-0.2, 0) is 14.3 Å². The lowest BCUT2D eigenvalue weighted by molar-refractivity contribution is -0.152. The summed E-state index contributed by atoms with van der Waals surface area (Å²) in [6.45, 7) is 8.00. The van der Waals surface area contributed by atoms with Gasteiger partial charge in [0, 0.05) is 11.3 Å². The van der Waals surface area contributed by atoms with Crippen LogP contribution >= 0.6 is 0 Å². The SMILES string of the molecule is CC1CCC2OC23C(=O)C2OC2C(C(C)(C)O)C13C. The first-order valence-corrected chi connectivity index (χ1v) is 7.34. The van der Waals surface area contributed by atoms with Crippen molar-refractivity contribution in [2.24, 2.45) is 17.3 Å². The van der Waals surface area contributed by atoms with Crippen molar-refractivity contribution < 1.29 is 19.4 Å². The number of Topliss-reactive ketones (excluding diaryl/α,β-unsaturated/α-hetero) is 1. The topological polar surface area (TPSA) is 62.4 Å². The van der Waals surface area contributed by atoms with Crippen LogP contribution in [0.3, 0.4) is 0 Å². The molecule has 4 nitrogen and oxygen atoms in total. The predicted octanol–water partition coefficient (Wildman–Crippen LogP) is 1.30. The molecule has 7 atom stereocenters. The summed E-state index contributed by atoms with van der Waals surface area (Å²) in [6.07, 6.45) is 1.61. The zero-order valence-corrected chi connectivity index (χ0v) is 12.0. The van der Waals surface area contributed by atoms with Gasteiger partial charge in [-0.05, 0) is 32.6 Å². The first kappa shape index (κ1) is 12.3. The number of ketones is 1. The van der Waals surface area contributed by atoms with Crippen LogP contribution in [0.5, 0.6) is 0 Å². The van der Waals surface area contributed by atoms with E-state index >= 15 is 0 Å². The second-order valence-corrected chi connectivity index (χ2v) is 7.62. The summed E-state index contributed by atoms with van der Waals surface area (Å²) in [5, 5.41) is 10.6. The molecular weight excluding hydrogens is 244 g/mol. The maximum Gasteiger partial charge on any atom is 0.199 e. The molecule has 4 aliphatic rings. The molecule has 2 aliphatic heterocycles. The van der Waals surface area contributed by atoms with E-state index in [1.165, 1.54) is 0 Å². The van der Waals surface area contributed by atoms with Crippen LogP contribution < -0.4 is 0 Å². The highest BCUT2D eigenvalue weighted by molar-refractivity contribution is 5.99. The highest BCUT2D eigenvalue weighted by Gasteiger charge is 2.85. The smallest absolute Gasteiger partial charge is 0.199 e. The third-order valence-corrected chi connectivity index (χ3v) is 6.30. The van der Waals surface area contributed by atoms with E-state index in [9.17, 15) is 9.90 Å². The van der Waals surface area contributed by atoms with Gasteiger partial charge in [-0.15, -0.1) is 0 Å². The number of epoxide rings is 2. The van der Waals surface area contributed by atoms with E-state index in [0.29, 0.717) is 5.92 Å². The lowest BCUT2D eigenvalue weighted by atomic mass is 9.48. The predicted molar refractivity (Wildman–Crippen MR) is 67.6 cm³/mol. The first-order valence-electron chi connectivity index (χ1n) is 7.34. The Labute approximate surface area is 113 Å². The molecule has 0 bridgehead atoms. The van der Waals surface area contributed by atoms with Crippen LogP contribution in [0.15, 0.2) is 0 Å². The van der Waals surface area contributed by atoms with Gasteiger partial charge in [0.1, 0.15) is 6.10 Å². The van der Waals surface area contributed by atoms with Gasteiger partial charge in [0.05, 0.1) is 17.8 Å². The average Bonchev–Trinajstić information content (AvgIpc) is 3.14. The van der Waals surface area contributed by atoms with Gasteiger partial charge >= 0.3 is 0 Å². The van der Waals surface area contributed by atoms with Crippen molar-refractivity contribution in [3.63, 3.8) is 0 Å². The van der Waals surface area contributed by atoms with Gasteiger partial charge in [0.2, 0.25) is 0 Å². The van der Waals surface area contributed by atoms with Gasteiger partial charge < -0.3 is 14.6 Å². The monoisotopic (exact) mass is 266 g/mol. The number of carbonyl (C=O) groups is 1. The van der Waals surface area contributed by atoms with E-state index in [1.54, 1.807) is 0 Å². The van der Waals surface area contributed by atoms with Crippen LogP contribution in [0.2, 0.25) is 0 Å². The summed E-state index contributed by atoms with van der Waals surface area (Å²) >= 11 is 0. The fourth-order valence-electron chi connectivity index (χ4n) is 5.29. The van der Waals surface area contributed by atoms with Gasteiger partial charge in [0.25, 0.3) is 0 Å². The molecule has 0 amide bonds. The first-order chi connectivity index (χ1) is 8.74. The highest BCUT2D eigenvalue weighted by atomic mass is 16.6. The van der Waals surface area contributed by atoms with Crippen molar-refractivity contribution in [1.82, 2.24) is 0 Å². The Balaban J connectivity index is 1.88. The van der Waals surface area contributed by atoms with Crippen LogP contribution in [0.4, 0.5) is 0 Å². The van der Waals surface area contributed by atoms with Crippen LogP contribution in [-0.4, -0.2) is 40.4 Å². The van der Waals surface area contributed by atoms with E-state index in [0.717, 1.165) is 12.8 Å². The molecule has 0 aromatic carbocycles. The van der Waals surface area contributed by atoms with Crippen molar-refractivity contribution >= 4 is 5.78 Å². The number of hydrogen-bond acceptors (Lipinski definition) is 4. The largest absolute Gasteiger partial charge is 0.390 e. The summed E-state index contributed by atoms with van der Waals surface area (Å²) in [5.41, 5.74) is -1.85. The fraction of sp³-hybridized carbons (Fsp3) is 0.933. The Morgan fingerprint density at radius 1 is 1.37 bits per heavy atom. The zero-order chi connectivity index (χ0) is 13.8. The van der Waals surface area contributed by atoms with Crippen molar-refractivity contribution in [2.75, 3.05) is 0 Å². The average molecular weight is 266 g/mol. The molecule has 1 N–H and O–H groups in total. The second kappa shape index (κ2) is 3.07. The molecular formula is C15H22O4. The number of aliphatic hydroxyl groups is 1. The van der Waals surface area contributed by atoms with Gasteiger partial charge in [-0.3, -0.25) is 4.79 Å². The maximum atomic E-state index is 12.7.